The molecule has 0 spiro atoms. The van der Waals surface area contributed by atoms with Gasteiger partial charge >= 0.3 is 0 Å². The van der Waals surface area contributed by atoms with E-state index in [1.807, 2.05) is 24.3 Å². The Morgan fingerprint density at radius 1 is 1.33 bits per heavy atom. The summed E-state index contributed by atoms with van der Waals surface area (Å²) >= 11 is 0. The largest absolute Gasteiger partial charge is 0.496 e. The number of halogens is 1. The van der Waals surface area contributed by atoms with Crippen LogP contribution in [0.25, 0.3) is 0 Å². The second-order valence-electron chi connectivity index (χ2n) is 4.98. The SMILES string of the molecule is COc1ccccc1C(N)c1cc(F)c2c(c1)CC(=O)N2. The lowest BCUT2D eigenvalue weighted by Crippen LogP contribution is -2.13. The number of hydrogen-bond donors (Lipinski definition) is 2. The second kappa shape index (κ2) is 5.18. The summed E-state index contributed by atoms with van der Waals surface area (Å²) < 4.78 is 19.4. The second-order valence-corrected chi connectivity index (χ2v) is 4.98. The summed E-state index contributed by atoms with van der Waals surface area (Å²) in [5, 5.41) is 2.51. The first kappa shape index (κ1) is 13.6. The monoisotopic (exact) mass is 286 g/mol. The van der Waals surface area contributed by atoms with Gasteiger partial charge in [0.1, 0.15) is 11.6 Å². The number of para-hydroxylation sites is 1. The zero-order valence-electron chi connectivity index (χ0n) is 11.5. The molecule has 0 aliphatic carbocycles. The fourth-order valence-corrected chi connectivity index (χ4v) is 2.61. The molecule has 0 saturated heterocycles. The number of nitrogens with one attached hydrogen (secondary N) is 1. The number of fused-ring (bicyclic) bond motifs is 1. The number of carbonyl (C=O) groups is 1. The Labute approximate surface area is 121 Å². The van der Waals surface area contributed by atoms with E-state index in [-0.39, 0.29) is 18.0 Å². The Balaban J connectivity index is 2.03. The molecule has 1 amide bonds. The maximum absolute atomic E-state index is 14.1. The summed E-state index contributed by atoms with van der Waals surface area (Å²) in [5.74, 6) is -0.00859. The first-order valence-corrected chi connectivity index (χ1v) is 6.61. The number of methoxy groups -OCH3 is 1. The number of carbonyl (C=O) groups excluding carboxylic acids is 1. The highest BCUT2D eigenvalue weighted by molar-refractivity contribution is 5.99. The first-order chi connectivity index (χ1) is 10.1. The summed E-state index contributed by atoms with van der Waals surface area (Å²) in [6.45, 7) is 0. The van der Waals surface area contributed by atoms with Gasteiger partial charge in [0.15, 0.2) is 0 Å². The average molecular weight is 286 g/mol. The van der Waals surface area contributed by atoms with E-state index >= 15 is 0 Å². The standard InChI is InChI=1S/C16H15FN2O2/c1-21-13-5-3-2-4-11(13)15(18)9-6-10-8-14(20)19-16(10)12(17)7-9/h2-7,15H,8,18H2,1H3,(H,19,20). The molecule has 2 aromatic carbocycles. The molecule has 2 aromatic rings. The Morgan fingerprint density at radius 3 is 2.86 bits per heavy atom. The maximum Gasteiger partial charge on any atom is 0.228 e. The van der Waals surface area contributed by atoms with Gasteiger partial charge in [-0.2, -0.15) is 0 Å². The van der Waals surface area contributed by atoms with Gasteiger partial charge in [-0.15, -0.1) is 0 Å². The van der Waals surface area contributed by atoms with Crippen LogP contribution in [0, 0.1) is 5.82 Å². The molecule has 21 heavy (non-hydrogen) atoms. The Hall–Kier alpha value is -2.40. The van der Waals surface area contributed by atoms with Gasteiger partial charge in [-0.3, -0.25) is 4.79 Å². The molecule has 1 heterocycles. The summed E-state index contributed by atoms with van der Waals surface area (Å²) in [4.78, 5) is 11.4. The highest BCUT2D eigenvalue weighted by Gasteiger charge is 2.24. The van der Waals surface area contributed by atoms with E-state index in [1.54, 1.807) is 13.2 Å². The molecule has 0 aromatic heterocycles. The summed E-state index contributed by atoms with van der Waals surface area (Å²) in [5.41, 5.74) is 8.53. The van der Waals surface area contributed by atoms with Gasteiger partial charge in [0.25, 0.3) is 0 Å². The van der Waals surface area contributed by atoms with Crippen LogP contribution in [-0.4, -0.2) is 13.0 Å². The van der Waals surface area contributed by atoms with Gasteiger partial charge in [0, 0.05) is 5.56 Å². The van der Waals surface area contributed by atoms with E-state index in [4.69, 9.17) is 10.5 Å². The quantitative estimate of drug-likeness (QED) is 0.910. The number of nitrogens with two attached hydrogens (primary N) is 1. The molecule has 5 heteroatoms. The van der Waals surface area contributed by atoms with E-state index in [1.165, 1.54) is 6.07 Å². The van der Waals surface area contributed by atoms with Gasteiger partial charge in [-0.1, -0.05) is 24.3 Å². The first-order valence-electron chi connectivity index (χ1n) is 6.61. The third-order valence-electron chi connectivity index (χ3n) is 3.64. The molecule has 108 valence electrons. The summed E-state index contributed by atoms with van der Waals surface area (Å²) in [6.07, 6.45) is 0.179. The number of ether oxygens (including phenoxy) is 1. The van der Waals surface area contributed by atoms with Crippen molar-refractivity contribution in [3.05, 3.63) is 58.9 Å². The lowest BCUT2D eigenvalue weighted by molar-refractivity contribution is -0.115. The highest BCUT2D eigenvalue weighted by atomic mass is 19.1. The zero-order chi connectivity index (χ0) is 15.0. The maximum atomic E-state index is 14.1. The Morgan fingerprint density at radius 2 is 2.10 bits per heavy atom. The molecule has 0 radical (unpaired) electrons. The molecule has 0 saturated carbocycles. The molecule has 1 atom stereocenters. The minimum absolute atomic E-state index is 0.179. The lowest BCUT2D eigenvalue weighted by atomic mass is 9.96. The van der Waals surface area contributed by atoms with E-state index in [9.17, 15) is 9.18 Å². The number of rotatable bonds is 3. The third kappa shape index (κ3) is 2.36. The molecular formula is C16H15FN2O2. The van der Waals surface area contributed by atoms with Crippen molar-refractivity contribution in [3.63, 3.8) is 0 Å². The van der Waals surface area contributed by atoms with Gasteiger partial charge in [0.05, 0.1) is 25.3 Å². The van der Waals surface area contributed by atoms with Gasteiger partial charge < -0.3 is 15.8 Å². The molecule has 3 rings (SSSR count). The fourth-order valence-electron chi connectivity index (χ4n) is 2.61. The van der Waals surface area contributed by atoms with Crippen LogP contribution < -0.4 is 15.8 Å². The Bertz CT molecular complexity index is 715. The average Bonchev–Trinajstić information content (AvgIpc) is 2.87. The van der Waals surface area contributed by atoms with Crippen LogP contribution >= 0.6 is 0 Å². The van der Waals surface area contributed by atoms with Crippen molar-refractivity contribution in [2.24, 2.45) is 5.73 Å². The molecule has 0 fully saturated rings. The summed E-state index contributed by atoms with van der Waals surface area (Å²) in [7, 11) is 1.57. The minimum atomic E-state index is -0.517. The van der Waals surface area contributed by atoms with Crippen molar-refractivity contribution >= 4 is 11.6 Å². The highest BCUT2D eigenvalue weighted by Crippen LogP contribution is 2.33. The van der Waals surface area contributed by atoms with Crippen LogP contribution in [0.1, 0.15) is 22.7 Å². The van der Waals surface area contributed by atoms with Crippen molar-refractivity contribution < 1.29 is 13.9 Å². The number of amides is 1. The Kier molecular flexibility index (Phi) is 3.35. The molecule has 4 nitrogen and oxygen atoms in total. The smallest absolute Gasteiger partial charge is 0.228 e. The van der Waals surface area contributed by atoms with Crippen molar-refractivity contribution in [1.82, 2.24) is 0 Å². The van der Waals surface area contributed by atoms with Crippen LogP contribution in [0.3, 0.4) is 0 Å². The molecule has 1 unspecified atom stereocenters. The van der Waals surface area contributed by atoms with Crippen molar-refractivity contribution in [3.8, 4) is 5.75 Å². The molecular weight excluding hydrogens is 271 g/mol. The predicted molar refractivity (Wildman–Crippen MR) is 77.8 cm³/mol. The van der Waals surface area contributed by atoms with Crippen molar-refractivity contribution in [2.75, 3.05) is 12.4 Å². The molecule has 1 aliphatic rings. The number of benzene rings is 2. The number of anilines is 1. The van der Waals surface area contributed by atoms with E-state index in [0.29, 0.717) is 16.9 Å². The van der Waals surface area contributed by atoms with Crippen molar-refractivity contribution in [2.45, 2.75) is 12.5 Å². The van der Waals surface area contributed by atoms with Crippen molar-refractivity contribution in [1.29, 1.82) is 0 Å². The fraction of sp³-hybridized carbons (Fsp3) is 0.188. The van der Waals surface area contributed by atoms with Gasteiger partial charge in [-0.25, -0.2) is 4.39 Å². The number of hydrogen-bond acceptors (Lipinski definition) is 3. The minimum Gasteiger partial charge on any atom is -0.496 e. The van der Waals surface area contributed by atoms with Crippen LogP contribution in [0.4, 0.5) is 10.1 Å². The van der Waals surface area contributed by atoms with Crippen LogP contribution in [0.2, 0.25) is 0 Å². The van der Waals surface area contributed by atoms with Crippen LogP contribution in [-0.2, 0) is 11.2 Å². The zero-order valence-corrected chi connectivity index (χ0v) is 11.5. The summed E-state index contributed by atoms with van der Waals surface area (Å²) in [6, 6.07) is 9.97. The lowest BCUT2D eigenvalue weighted by Gasteiger charge is -2.17. The van der Waals surface area contributed by atoms with E-state index in [0.717, 1.165) is 5.56 Å². The molecule has 0 bridgehead atoms. The van der Waals surface area contributed by atoms with Gasteiger partial charge in [0.2, 0.25) is 5.91 Å². The normalized spacial score (nSPS) is 14.5. The van der Waals surface area contributed by atoms with Crippen LogP contribution in [0.5, 0.6) is 5.75 Å². The molecule has 3 N–H and O–H groups in total. The predicted octanol–water partition coefficient (Wildman–Crippen LogP) is 2.38. The topological polar surface area (TPSA) is 64.3 Å². The molecule has 1 aliphatic heterocycles. The van der Waals surface area contributed by atoms with Gasteiger partial charge in [-0.05, 0) is 23.3 Å². The van der Waals surface area contributed by atoms with E-state index < -0.39 is 11.9 Å². The van der Waals surface area contributed by atoms with Crippen LogP contribution in [0.15, 0.2) is 36.4 Å². The van der Waals surface area contributed by atoms with E-state index in [2.05, 4.69) is 5.32 Å². The third-order valence-corrected chi connectivity index (χ3v) is 3.64.